The largest absolute Gasteiger partial charge is 0.461 e. The monoisotopic (exact) mass is 543 g/mol. The lowest BCUT2D eigenvalue weighted by Gasteiger charge is -2.20. The first-order valence-corrected chi connectivity index (χ1v) is 12.6. The first-order chi connectivity index (χ1) is 18.1. The van der Waals surface area contributed by atoms with Crippen LogP contribution in [0, 0.1) is 11.3 Å². The highest BCUT2D eigenvalue weighted by Crippen LogP contribution is 2.30. The van der Waals surface area contributed by atoms with Crippen LogP contribution in [0.4, 0.5) is 24.9 Å². The van der Waals surface area contributed by atoms with Crippen LogP contribution in [0.15, 0.2) is 59.6 Å². The van der Waals surface area contributed by atoms with Gasteiger partial charge in [-0.05, 0) is 29.9 Å². The Morgan fingerprint density at radius 2 is 1.84 bits per heavy atom. The number of nitrogen functional groups attached to an aromatic ring is 1. The minimum Gasteiger partial charge on any atom is -0.461 e. The van der Waals surface area contributed by atoms with Crippen LogP contribution in [0.5, 0.6) is 0 Å². The van der Waals surface area contributed by atoms with Crippen LogP contribution >= 0.6 is 11.8 Å². The minimum atomic E-state index is -4.56. The average molecular weight is 544 g/mol. The van der Waals surface area contributed by atoms with Crippen molar-refractivity contribution in [2.45, 2.75) is 43.1 Å². The number of carbonyl (C=O) groups is 2. The fourth-order valence-electron chi connectivity index (χ4n) is 3.54. The lowest BCUT2D eigenvalue weighted by molar-refractivity contribution is -0.145. The van der Waals surface area contributed by atoms with Gasteiger partial charge in [0.2, 0.25) is 5.95 Å². The Morgan fingerprint density at radius 3 is 2.50 bits per heavy atom. The third-order valence-corrected chi connectivity index (χ3v) is 6.09. The van der Waals surface area contributed by atoms with Crippen molar-refractivity contribution in [1.82, 2.24) is 9.97 Å². The van der Waals surface area contributed by atoms with Crippen molar-refractivity contribution in [3.05, 3.63) is 76.9 Å². The highest BCUT2D eigenvalue weighted by Gasteiger charge is 2.31. The molecule has 1 heterocycles. The van der Waals surface area contributed by atoms with Gasteiger partial charge in [0, 0.05) is 12.8 Å². The van der Waals surface area contributed by atoms with E-state index < -0.39 is 29.5 Å². The quantitative estimate of drug-likeness (QED) is 0.199. The summed E-state index contributed by atoms with van der Waals surface area (Å²) in [6, 6.07) is 14.4. The van der Waals surface area contributed by atoms with E-state index in [0.29, 0.717) is 0 Å². The second-order valence-corrected chi connectivity index (χ2v) is 8.94. The molecule has 38 heavy (non-hydrogen) atoms. The SMILES string of the molecule is CSc1nc(N)nc(N[C@@H](CCC(=O)OCc2ccccc2)C(=O)Cc2cccc(C(F)(F)F)c2)c1C#N. The second kappa shape index (κ2) is 12.9. The number of benzene rings is 2. The molecule has 198 valence electrons. The number of nitrogens with two attached hydrogens (primary N) is 1. The number of ketones is 1. The maximum atomic E-state index is 13.3. The smallest absolute Gasteiger partial charge is 0.416 e. The van der Waals surface area contributed by atoms with Crippen molar-refractivity contribution in [2.24, 2.45) is 0 Å². The van der Waals surface area contributed by atoms with Crippen molar-refractivity contribution in [1.29, 1.82) is 5.26 Å². The summed E-state index contributed by atoms with van der Waals surface area (Å²) >= 11 is 1.15. The fourth-order valence-corrected chi connectivity index (χ4v) is 4.07. The Bertz CT molecular complexity index is 1330. The molecule has 0 amide bonds. The molecule has 8 nitrogen and oxygen atoms in total. The van der Waals surface area contributed by atoms with Gasteiger partial charge in [-0.1, -0.05) is 48.5 Å². The molecule has 3 N–H and O–H groups in total. The van der Waals surface area contributed by atoms with Crippen molar-refractivity contribution in [3.63, 3.8) is 0 Å². The predicted octanol–water partition coefficient (Wildman–Crippen LogP) is 4.79. The number of carbonyl (C=O) groups excluding carboxylic acids is 2. The fraction of sp³-hybridized carbons (Fsp3) is 0.269. The van der Waals surface area contributed by atoms with Crippen molar-refractivity contribution in [2.75, 3.05) is 17.3 Å². The summed E-state index contributed by atoms with van der Waals surface area (Å²) in [7, 11) is 0. The number of alkyl halides is 3. The zero-order valence-corrected chi connectivity index (χ0v) is 21.1. The number of nitrogens with zero attached hydrogens (tertiary/aromatic N) is 3. The van der Waals surface area contributed by atoms with Crippen molar-refractivity contribution >= 4 is 35.3 Å². The van der Waals surface area contributed by atoms with Gasteiger partial charge in [0.05, 0.1) is 11.6 Å². The van der Waals surface area contributed by atoms with Gasteiger partial charge in [0.25, 0.3) is 0 Å². The summed E-state index contributed by atoms with van der Waals surface area (Å²) < 4.78 is 44.7. The highest BCUT2D eigenvalue weighted by atomic mass is 32.2. The van der Waals surface area contributed by atoms with E-state index in [-0.39, 0.29) is 53.8 Å². The van der Waals surface area contributed by atoms with E-state index in [9.17, 15) is 28.0 Å². The molecular weight excluding hydrogens is 519 g/mol. The summed E-state index contributed by atoms with van der Waals surface area (Å²) in [5.74, 6) is -1.22. The Kier molecular flexibility index (Phi) is 9.67. The number of aromatic nitrogens is 2. The van der Waals surface area contributed by atoms with Gasteiger partial charge in [0.15, 0.2) is 11.6 Å². The van der Waals surface area contributed by atoms with E-state index >= 15 is 0 Å². The Balaban J connectivity index is 1.80. The molecule has 0 saturated heterocycles. The molecule has 0 radical (unpaired) electrons. The normalized spacial score (nSPS) is 11.9. The molecule has 2 aromatic carbocycles. The Hall–Kier alpha value is -4.11. The number of anilines is 2. The van der Waals surface area contributed by atoms with Gasteiger partial charge in [-0.3, -0.25) is 9.59 Å². The molecule has 0 bridgehead atoms. The number of esters is 1. The lowest BCUT2D eigenvalue weighted by Crippen LogP contribution is -2.33. The van der Waals surface area contributed by atoms with Crippen LogP contribution in [0.1, 0.15) is 35.1 Å². The molecule has 1 atom stereocenters. The molecule has 0 aliphatic rings. The summed E-state index contributed by atoms with van der Waals surface area (Å²) in [5, 5.41) is 12.8. The van der Waals surface area contributed by atoms with Crippen molar-refractivity contribution < 1.29 is 27.5 Å². The number of hydrogen-bond acceptors (Lipinski definition) is 9. The van der Waals surface area contributed by atoms with Gasteiger partial charge in [0.1, 0.15) is 23.3 Å². The van der Waals surface area contributed by atoms with Crippen LogP contribution in [-0.4, -0.2) is 34.0 Å². The van der Waals surface area contributed by atoms with E-state index in [1.54, 1.807) is 30.5 Å². The minimum absolute atomic E-state index is 0.00982. The number of ether oxygens (including phenoxy) is 1. The molecule has 0 aliphatic heterocycles. The third kappa shape index (κ3) is 7.94. The number of nitriles is 1. The second-order valence-electron chi connectivity index (χ2n) is 8.15. The van der Waals surface area contributed by atoms with Gasteiger partial charge in [-0.25, -0.2) is 4.98 Å². The number of Topliss-reactive ketones (excluding diaryl/α,β-unsaturated/α-hetero) is 1. The number of thioether (sulfide) groups is 1. The highest BCUT2D eigenvalue weighted by molar-refractivity contribution is 7.98. The van der Waals surface area contributed by atoms with E-state index in [1.807, 2.05) is 12.1 Å². The lowest BCUT2D eigenvalue weighted by atomic mass is 9.98. The maximum Gasteiger partial charge on any atom is 0.416 e. The molecular formula is C26H24F3N5O3S. The Labute approximate surface area is 221 Å². The van der Waals surface area contributed by atoms with Crippen LogP contribution in [-0.2, 0) is 33.5 Å². The van der Waals surface area contributed by atoms with Crippen LogP contribution in [0.3, 0.4) is 0 Å². The zero-order valence-electron chi connectivity index (χ0n) is 20.3. The standard InChI is InChI=1S/C26H24F3N5O3S/c1-38-24-19(14-30)23(33-25(31)34-24)32-20(10-11-22(36)37-15-16-6-3-2-4-7-16)21(35)13-17-8-5-9-18(12-17)26(27,28)29/h2-9,12,20H,10-11,13,15H2,1H3,(H3,31,32,33,34)/t20-/m0/s1. The van der Waals surface area contributed by atoms with Crippen LogP contribution < -0.4 is 11.1 Å². The topological polar surface area (TPSA) is 131 Å². The number of halogens is 3. The number of hydrogen-bond donors (Lipinski definition) is 2. The zero-order chi connectivity index (χ0) is 27.7. The van der Waals surface area contributed by atoms with Crippen LogP contribution in [0.2, 0.25) is 0 Å². The molecule has 0 saturated carbocycles. The summed E-state index contributed by atoms with van der Waals surface area (Å²) in [6.45, 7) is 0.0497. The van der Waals surface area contributed by atoms with Gasteiger partial charge in [-0.15, -0.1) is 11.8 Å². The number of nitrogens with one attached hydrogen (secondary N) is 1. The average Bonchev–Trinajstić information content (AvgIpc) is 2.89. The molecule has 3 aromatic rings. The molecule has 12 heteroatoms. The molecule has 0 fully saturated rings. The molecule has 0 aliphatic carbocycles. The third-order valence-electron chi connectivity index (χ3n) is 5.41. The summed E-state index contributed by atoms with van der Waals surface area (Å²) in [6.07, 6.45) is -3.46. The van der Waals surface area contributed by atoms with E-state index in [1.165, 1.54) is 12.1 Å². The molecule has 0 unspecified atom stereocenters. The van der Waals surface area contributed by atoms with Gasteiger partial charge >= 0.3 is 12.1 Å². The molecule has 0 spiro atoms. The first kappa shape index (κ1) is 28.5. The summed E-state index contributed by atoms with van der Waals surface area (Å²) in [5.41, 5.74) is 5.87. The van der Waals surface area contributed by atoms with E-state index in [2.05, 4.69) is 15.3 Å². The molecule has 1 aromatic heterocycles. The van der Waals surface area contributed by atoms with Crippen LogP contribution in [0.25, 0.3) is 0 Å². The van der Waals surface area contributed by atoms with Gasteiger partial charge in [-0.2, -0.15) is 23.4 Å². The molecule has 3 rings (SSSR count). The Morgan fingerprint density at radius 1 is 1.13 bits per heavy atom. The predicted molar refractivity (Wildman–Crippen MR) is 136 cm³/mol. The van der Waals surface area contributed by atoms with Crippen molar-refractivity contribution in [3.8, 4) is 6.07 Å². The first-order valence-electron chi connectivity index (χ1n) is 11.4. The van der Waals surface area contributed by atoms with E-state index in [4.69, 9.17) is 10.5 Å². The maximum absolute atomic E-state index is 13.3. The van der Waals surface area contributed by atoms with E-state index in [0.717, 1.165) is 29.5 Å². The summed E-state index contributed by atoms with van der Waals surface area (Å²) in [4.78, 5) is 33.7. The number of rotatable bonds is 11. The van der Waals surface area contributed by atoms with Gasteiger partial charge < -0.3 is 15.8 Å².